The molecule has 3 aromatic rings. The van der Waals surface area contributed by atoms with Crippen molar-refractivity contribution in [3.63, 3.8) is 0 Å². The minimum absolute atomic E-state index is 0.0826. The molecule has 1 aliphatic heterocycles. The summed E-state index contributed by atoms with van der Waals surface area (Å²) in [5.74, 6) is 0.516. The molecule has 1 amide bonds. The molecule has 0 saturated carbocycles. The minimum Gasteiger partial charge on any atom is -0.497 e. The molecule has 2 heterocycles. The fourth-order valence-electron chi connectivity index (χ4n) is 3.30. The Kier molecular flexibility index (Phi) is 5.08. The monoisotopic (exact) mass is 379 g/mol. The first-order valence-electron chi connectivity index (χ1n) is 9.21. The summed E-state index contributed by atoms with van der Waals surface area (Å²) < 4.78 is 12.1. The largest absolute Gasteiger partial charge is 0.497 e. The second kappa shape index (κ2) is 7.82. The number of nitrogens with one attached hydrogen (secondary N) is 1. The number of carbonyl (C=O) groups is 1. The molecule has 1 N–H and O–H groups in total. The van der Waals surface area contributed by atoms with Crippen molar-refractivity contribution in [3.05, 3.63) is 64.7 Å². The molecule has 144 valence electrons. The highest BCUT2D eigenvalue weighted by Crippen LogP contribution is 2.16. The first-order chi connectivity index (χ1) is 13.7. The maximum atomic E-state index is 12.8. The van der Waals surface area contributed by atoms with Gasteiger partial charge in [-0.05, 0) is 55.3 Å². The molecule has 2 aromatic carbocycles. The van der Waals surface area contributed by atoms with Crippen LogP contribution in [-0.2, 0) is 4.74 Å². The smallest absolute Gasteiger partial charge is 0.265 e. The molecule has 1 atom stereocenters. The van der Waals surface area contributed by atoms with E-state index in [2.05, 4.69) is 10.3 Å². The summed E-state index contributed by atoms with van der Waals surface area (Å²) in [4.78, 5) is 29.6. The lowest BCUT2D eigenvalue weighted by Crippen LogP contribution is -2.31. The lowest BCUT2D eigenvalue weighted by Gasteiger charge is -2.11. The van der Waals surface area contributed by atoms with Gasteiger partial charge in [-0.2, -0.15) is 0 Å². The number of hydrogen-bond donors (Lipinski definition) is 1. The van der Waals surface area contributed by atoms with Gasteiger partial charge >= 0.3 is 0 Å². The van der Waals surface area contributed by atoms with E-state index in [1.54, 1.807) is 49.6 Å². The van der Waals surface area contributed by atoms with Crippen LogP contribution in [0.15, 0.2) is 53.6 Å². The van der Waals surface area contributed by atoms with E-state index in [9.17, 15) is 9.59 Å². The van der Waals surface area contributed by atoms with Crippen molar-refractivity contribution in [2.45, 2.75) is 18.9 Å². The number of rotatable bonds is 5. The molecule has 1 saturated heterocycles. The summed E-state index contributed by atoms with van der Waals surface area (Å²) in [5.41, 5.74) is 1.46. The van der Waals surface area contributed by atoms with Crippen LogP contribution in [0.1, 0.15) is 23.2 Å². The molecule has 7 nitrogen and oxygen atoms in total. The van der Waals surface area contributed by atoms with Gasteiger partial charge in [0.1, 0.15) is 12.1 Å². The number of benzene rings is 2. The number of hydrogen-bond acceptors (Lipinski definition) is 5. The van der Waals surface area contributed by atoms with Gasteiger partial charge in [-0.15, -0.1) is 0 Å². The summed E-state index contributed by atoms with van der Waals surface area (Å²) in [6.07, 6.45) is 3.55. The van der Waals surface area contributed by atoms with Gasteiger partial charge in [0.2, 0.25) is 0 Å². The standard InChI is InChI=1S/C21H21N3O4/c1-27-16-7-5-15(6-8-16)24-13-23-19-11-14(4-9-18(19)21(24)26)20(25)22-12-17-3-2-10-28-17/h4-9,11,13,17H,2-3,10,12H2,1H3,(H,22,25). The van der Waals surface area contributed by atoms with Crippen molar-refractivity contribution in [3.8, 4) is 11.4 Å². The Morgan fingerprint density at radius 2 is 2.11 bits per heavy atom. The van der Waals surface area contributed by atoms with Gasteiger partial charge < -0.3 is 14.8 Å². The van der Waals surface area contributed by atoms with E-state index in [1.807, 2.05) is 0 Å². The van der Waals surface area contributed by atoms with Crippen LogP contribution in [0.5, 0.6) is 5.75 Å². The second-order valence-electron chi connectivity index (χ2n) is 6.69. The Labute approximate surface area is 161 Å². The van der Waals surface area contributed by atoms with Crippen molar-refractivity contribution in [1.29, 1.82) is 0 Å². The minimum atomic E-state index is -0.196. The van der Waals surface area contributed by atoms with E-state index in [0.29, 0.717) is 34.4 Å². The van der Waals surface area contributed by atoms with Crippen LogP contribution < -0.4 is 15.6 Å². The van der Waals surface area contributed by atoms with Crippen LogP contribution in [0.4, 0.5) is 0 Å². The van der Waals surface area contributed by atoms with Gasteiger partial charge in [0.05, 0.1) is 29.8 Å². The highest BCUT2D eigenvalue weighted by atomic mass is 16.5. The number of methoxy groups -OCH3 is 1. The first-order valence-corrected chi connectivity index (χ1v) is 9.21. The summed E-state index contributed by atoms with van der Waals surface area (Å²) in [5, 5.41) is 3.33. The summed E-state index contributed by atoms with van der Waals surface area (Å²) in [7, 11) is 1.59. The van der Waals surface area contributed by atoms with Gasteiger partial charge in [0, 0.05) is 18.7 Å². The number of carbonyl (C=O) groups excluding carboxylic acids is 1. The zero-order valence-electron chi connectivity index (χ0n) is 15.6. The van der Waals surface area contributed by atoms with Crippen molar-refractivity contribution < 1.29 is 14.3 Å². The third-order valence-electron chi connectivity index (χ3n) is 4.89. The Bertz CT molecular complexity index is 1050. The maximum absolute atomic E-state index is 12.8. The molecule has 1 aliphatic rings. The van der Waals surface area contributed by atoms with Crippen LogP contribution in [-0.4, -0.2) is 41.8 Å². The van der Waals surface area contributed by atoms with E-state index in [0.717, 1.165) is 19.4 Å². The van der Waals surface area contributed by atoms with Gasteiger partial charge in [0.25, 0.3) is 11.5 Å². The van der Waals surface area contributed by atoms with Gasteiger partial charge in [-0.25, -0.2) is 4.98 Å². The number of fused-ring (bicyclic) bond motifs is 1. The lowest BCUT2D eigenvalue weighted by atomic mass is 10.1. The predicted octanol–water partition coefficient (Wildman–Crippen LogP) is 2.30. The lowest BCUT2D eigenvalue weighted by molar-refractivity contribution is 0.0858. The highest BCUT2D eigenvalue weighted by Gasteiger charge is 2.17. The van der Waals surface area contributed by atoms with Crippen LogP contribution in [0.25, 0.3) is 16.6 Å². The zero-order chi connectivity index (χ0) is 19.5. The van der Waals surface area contributed by atoms with Crippen LogP contribution in [0, 0.1) is 0 Å². The summed E-state index contributed by atoms with van der Waals surface area (Å²) >= 11 is 0. The quantitative estimate of drug-likeness (QED) is 0.736. The number of aromatic nitrogens is 2. The Hall–Kier alpha value is -3.19. The molecule has 0 spiro atoms. The molecule has 1 unspecified atom stereocenters. The van der Waals surface area contributed by atoms with E-state index < -0.39 is 0 Å². The van der Waals surface area contributed by atoms with E-state index >= 15 is 0 Å². The molecular formula is C21H21N3O4. The average molecular weight is 379 g/mol. The Morgan fingerprint density at radius 3 is 2.82 bits per heavy atom. The Balaban J connectivity index is 1.58. The van der Waals surface area contributed by atoms with Crippen LogP contribution >= 0.6 is 0 Å². The summed E-state index contributed by atoms with van der Waals surface area (Å²) in [6, 6.07) is 12.1. The third kappa shape index (κ3) is 3.61. The van der Waals surface area contributed by atoms with E-state index in [4.69, 9.17) is 9.47 Å². The highest BCUT2D eigenvalue weighted by molar-refractivity contribution is 5.97. The molecule has 0 aliphatic carbocycles. The molecule has 0 radical (unpaired) electrons. The van der Waals surface area contributed by atoms with Crippen LogP contribution in [0.3, 0.4) is 0 Å². The first kappa shape index (κ1) is 18.2. The molecule has 0 bridgehead atoms. The van der Waals surface area contributed by atoms with Crippen molar-refractivity contribution in [2.75, 3.05) is 20.3 Å². The molecule has 7 heteroatoms. The van der Waals surface area contributed by atoms with E-state index in [1.165, 1.54) is 10.9 Å². The number of ether oxygens (including phenoxy) is 2. The zero-order valence-corrected chi connectivity index (χ0v) is 15.6. The van der Waals surface area contributed by atoms with Gasteiger partial charge in [0.15, 0.2) is 0 Å². The Morgan fingerprint density at radius 1 is 1.29 bits per heavy atom. The fourth-order valence-corrected chi connectivity index (χ4v) is 3.30. The molecule has 28 heavy (non-hydrogen) atoms. The van der Waals surface area contributed by atoms with E-state index in [-0.39, 0.29) is 17.6 Å². The number of amides is 1. The van der Waals surface area contributed by atoms with Crippen molar-refractivity contribution >= 4 is 16.8 Å². The van der Waals surface area contributed by atoms with Crippen LogP contribution in [0.2, 0.25) is 0 Å². The van der Waals surface area contributed by atoms with Gasteiger partial charge in [-0.3, -0.25) is 14.2 Å². The number of nitrogens with zero attached hydrogens (tertiary/aromatic N) is 2. The normalized spacial score (nSPS) is 16.2. The van der Waals surface area contributed by atoms with Crippen molar-refractivity contribution in [2.24, 2.45) is 0 Å². The molecule has 1 aromatic heterocycles. The van der Waals surface area contributed by atoms with Gasteiger partial charge in [-0.1, -0.05) is 0 Å². The SMILES string of the molecule is COc1ccc(-n2cnc3cc(C(=O)NCC4CCCO4)ccc3c2=O)cc1. The predicted molar refractivity (Wildman–Crippen MR) is 105 cm³/mol. The maximum Gasteiger partial charge on any atom is 0.265 e. The second-order valence-corrected chi connectivity index (χ2v) is 6.69. The molecule has 1 fully saturated rings. The third-order valence-corrected chi connectivity index (χ3v) is 4.89. The average Bonchev–Trinajstić information content (AvgIpc) is 3.26. The molecule has 4 rings (SSSR count). The fraction of sp³-hybridized carbons (Fsp3) is 0.286. The summed E-state index contributed by atoms with van der Waals surface area (Å²) in [6.45, 7) is 1.24. The van der Waals surface area contributed by atoms with Crippen molar-refractivity contribution in [1.82, 2.24) is 14.9 Å². The topological polar surface area (TPSA) is 82.5 Å². The molecular weight excluding hydrogens is 358 g/mol.